The molecule has 1 saturated heterocycles. The average molecular weight is 461 g/mol. The molecule has 5 nitrogen and oxygen atoms in total. The van der Waals surface area contributed by atoms with Crippen LogP contribution in [-0.4, -0.2) is 34.7 Å². The molecule has 0 atom stereocenters. The minimum absolute atomic E-state index is 0.209. The number of halogens is 3. The molecule has 2 aliphatic heterocycles. The summed E-state index contributed by atoms with van der Waals surface area (Å²) in [4.78, 5) is 17.2. The molecule has 0 unspecified atom stereocenters. The third-order valence-corrected chi connectivity index (χ3v) is 6.67. The highest BCUT2D eigenvalue weighted by Crippen LogP contribution is 2.35. The number of aliphatic imine (C=N–C) groups is 1. The Kier molecular flexibility index (Phi) is 6.05. The normalized spacial score (nSPS) is 18.9. The fourth-order valence-electron chi connectivity index (χ4n) is 3.87. The molecular formula is C23H23F3N4OS. The fraction of sp³-hybridized carbons (Fsp3) is 0.304. The van der Waals surface area contributed by atoms with Crippen LogP contribution in [-0.2, 0) is 11.0 Å². The molecule has 1 fully saturated rings. The SMILES string of the molecule is Cc1cc(N)ccc1/C=C/SN1CCC2(CC1)N=C(c1cccc(C(F)(F)F)c1)NC2=O. The number of piperidine rings is 1. The summed E-state index contributed by atoms with van der Waals surface area (Å²) in [6.45, 7) is 3.29. The van der Waals surface area contributed by atoms with Gasteiger partial charge in [-0.15, -0.1) is 0 Å². The van der Waals surface area contributed by atoms with Crippen LogP contribution in [0.4, 0.5) is 18.9 Å². The molecule has 2 aromatic rings. The van der Waals surface area contributed by atoms with Crippen LogP contribution >= 0.6 is 11.9 Å². The number of carbonyl (C=O) groups excluding carboxylic acids is 1. The van der Waals surface area contributed by atoms with Crippen LogP contribution in [0.2, 0.25) is 0 Å². The van der Waals surface area contributed by atoms with Gasteiger partial charge in [-0.2, -0.15) is 13.2 Å². The van der Waals surface area contributed by atoms with Crippen LogP contribution in [0.5, 0.6) is 0 Å². The number of aryl methyl sites for hydroxylation is 1. The molecule has 0 bridgehead atoms. The Morgan fingerprint density at radius 2 is 1.94 bits per heavy atom. The van der Waals surface area contributed by atoms with Crippen molar-refractivity contribution in [2.45, 2.75) is 31.5 Å². The number of amidine groups is 1. The number of nitrogens with two attached hydrogens (primary N) is 1. The van der Waals surface area contributed by atoms with Gasteiger partial charge in [-0.05, 0) is 66.6 Å². The molecule has 0 radical (unpaired) electrons. The van der Waals surface area contributed by atoms with Crippen molar-refractivity contribution in [1.29, 1.82) is 0 Å². The Morgan fingerprint density at radius 1 is 1.19 bits per heavy atom. The van der Waals surface area contributed by atoms with Crippen LogP contribution in [0.15, 0.2) is 52.9 Å². The lowest BCUT2D eigenvalue weighted by Gasteiger charge is -2.34. The molecule has 0 aromatic heterocycles. The largest absolute Gasteiger partial charge is 0.416 e. The number of benzene rings is 2. The van der Waals surface area contributed by atoms with Gasteiger partial charge in [0.1, 0.15) is 11.4 Å². The Labute approximate surface area is 188 Å². The maximum absolute atomic E-state index is 13.0. The highest BCUT2D eigenvalue weighted by molar-refractivity contribution is 8.00. The molecule has 3 N–H and O–H groups in total. The number of hydrogen-bond acceptors (Lipinski definition) is 5. The van der Waals surface area contributed by atoms with E-state index in [0.717, 1.165) is 28.9 Å². The van der Waals surface area contributed by atoms with Crippen molar-refractivity contribution in [3.8, 4) is 0 Å². The average Bonchev–Trinajstić information content (AvgIpc) is 3.06. The van der Waals surface area contributed by atoms with Gasteiger partial charge in [0.05, 0.1) is 5.56 Å². The molecule has 32 heavy (non-hydrogen) atoms. The van der Waals surface area contributed by atoms with Crippen molar-refractivity contribution in [1.82, 2.24) is 9.62 Å². The van der Waals surface area contributed by atoms with Gasteiger partial charge in [-0.25, -0.2) is 4.31 Å². The summed E-state index contributed by atoms with van der Waals surface area (Å²) < 4.78 is 41.2. The lowest BCUT2D eigenvalue weighted by atomic mass is 9.89. The maximum Gasteiger partial charge on any atom is 0.416 e. The van der Waals surface area contributed by atoms with Crippen molar-refractivity contribution >= 4 is 35.5 Å². The number of nitrogens with zero attached hydrogens (tertiary/aromatic N) is 2. The van der Waals surface area contributed by atoms with E-state index in [-0.39, 0.29) is 17.3 Å². The molecule has 2 aliphatic rings. The molecule has 0 aliphatic carbocycles. The minimum atomic E-state index is -4.45. The predicted octanol–water partition coefficient (Wildman–Crippen LogP) is 4.63. The number of nitrogen functional groups attached to an aromatic ring is 1. The standard InChI is InChI=1S/C23H23F3N4OS/c1-15-13-19(27)6-5-16(15)7-12-32-30-10-8-22(9-11-30)21(31)28-20(29-22)17-3-2-4-18(14-17)23(24,25)26/h2-7,12-14H,8-11,27H2,1H3,(H,28,29,31)/b12-7+. The minimum Gasteiger partial charge on any atom is -0.399 e. The summed E-state index contributed by atoms with van der Waals surface area (Å²) >= 11 is 1.57. The first-order chi connectivity index (χ1) is 15.2. The van der Waals surface area contributed by atoms with E-state index in [4.69, 9.17) is 5.73 Å². The third kappa shape index (κ3) is 4.68. The summed E-state index contributed by atoms with van der Waals surface area (Å²) in [6, 6.07) is 10.6. The third-order valence-electron chi connectivity index (χ3n) is 5.74. The number of alkyl halides is 3. The van der Waals surface area contributed by atoms with Gasteiger partial charge < -0.3 is 11.1 Å². The van der Waals surface area contributed by atoms with E-state index >= 15 is 0 Å². The number of hydrogen-bond donors (Lipinski definition) is 2. The summed E-state index contributed by atoms with van der Waals surface area (Å²) in [7, 11) is 0. The van der Waals surface area contributed by atoms with Crippen LogP contribution in [0.25, 0.3) is 6.08 Å². The summed E-state index contributed by atoms with van der Waals surface area (Å²) in [5.41, 5.74) is 7.28. The summed E-state index contributed by atoms with van der Waals surface area (Å²) in [5.74, 6) is -0.0384. The Hall–Kier alpha value is -2.78. The molecular weight excluding hydrogens is 437 g/mol. The second-order valence-electron chi connectivity index (χ2n) is 7.98. The fourth-order valence-corrected chi connectivity index (χ4v) is 4.65. The van der Waals surface area contributed by atoms with E-state index < -0.39 is 17.3 Å². The zero-order valence-electron chi connectivity index (χ0n) is 17.4. The van der Waals surface area contributed by atoms with E-state index in [9.17, 15) is 18.0 Å². The molecule has 1 amide bonds. The predicted molar refractivity (Wildman–Crippen MR) is 122 cm³/mol. The van der Waals surface area contributed by atoms with Crippen molar-refractivity contribution in [2.24, 2.45) is 4.99 Å². The van der Waals surface area contributed by atoms with E-state index in [2.05, 4.69) is 14.6 Å². The highest BCUT2D eigenvalue weighted by atomic mass is 32.2. The molecule has 2 heterocycles. The Balaban J connectivity index is 1.41. The molecule has 0 saturated carbocycles. The first kappa shape index (κ1) is 22.4. The molecule has 1 spiro atoms. The molecule has 2 aromatic carbocycles. The van der Waals surface area contributed by atoms with Gasteiger partial charge in [0.2, 0.25) is 0 Å². The number of nitrogens with one attached hydrogen (secondary N) is 1. The molecule has 168 valence electrons. The molecule has 9 heteroatoms. The highest BCUT2D eigenvalue weighted by Gasteiger charge is 2.46. The quantitative estimate of drug-likeness (QED) is 0.516. The van der Waals surface area contributed by atoms with E-state index in [1.807, 2.05) is 36.6 Å². The number of anilines is 1. The maximum atomic E-state index is 13.0. The summed E-state index contributed by atoms with van der Waals surface area (Å²) in [6.07, 6.45) is -1.42. The number of carbonyl (C=O) groups is 1. The van der Waals surface area contributed by atoms with E-state index in [0.29, 0.717) is 25.9 Å². The second kappa shape index (κ2) is 8.63. The number of amides is 1. The smallest absolute Gasteiger partial charge is 0.399 e. The van der Waals surface area contributed by atoms with Crippen LogP contribution in [0, 0.1) is 6.92 Å². The zero-order valence-corrected chi connectivity index (χ0v) is 18.3. The van der Waals surface area contributed by atoms with Gasteiger partial charge in [-0.1, -0.05) is 30.1 Å². The lowest BCUT2D eigenvalue weighted by Crippen LogP contribution is -2.47. The number of rotatable bonds is 4. The van der Waals surface area contributed by atoms with Crippen molar-refractivity contribution in [2.75, 3.05) is 18.8 Å². The van der Waals surface area contributed by atoms with Crippen molar-refractivity contribution < 1.29 is 18.0 Å². The van der Waals surface area contributed by atoms with Crippen LogP contribution in [0.3, 0.4) is 0 Å². The van der Waals surface area contributed by atoms with E-state index in [1.165, 1.54) is 12.1 Å². The van der Waals surface area contributed by atoms with Gasteiger partial charge in [0.25, 0.3) is 5.91 Å². The Bertz CT molecular complexity index is 1090. The topological polar surface area (TPSA) is 70.7 Å². The second-order valence-corrected chi connectivity index (χ2v) is 8.98. The van der Waals surface area contributed by atoms with Crippen molar-refractivity contribution in [3.63, 3.8) is 0 Å². The lowest BCUT2D eigenvalue weighted by molar-refractivity contribution is -0.137. The van der Waals surface area contributed by atoms with Gasteiger partial charge in [0, 0.05) is 24.3 Å². The Morgan fingerprint density at radius 3 is 2.62 bits per heavy atom. The molecule has 4 rings (SSSR count). The summed E-state index contributed by atoms with van der Waals surface area (Å²) in [5, 5.41) is 4.70. The van der Waals surface area contributed by atoms with Gasteiger partial charge in [0.15, 0.2) is 0 Å². The zero-order chi connectivity index (χ0) is 22.9. The van der Waals surface area contributed by atoms with Gasteiger partial charge >= 0.3 is 6.18 Å². The van der Waals surface area contributed by atoms with Gasteiger partial charge in [-0.3, -0.25) is 9.79 Å². The first-order valence-corrected chi connectivity index (χ1v) is 11.0. The van der Waals surface area contributed by atoms with Crippen molar-refractivity contribution in [3.05, 3.63) is 70.1 Å². The monoisotopic (exact) mass is 460 g/mol. The van der Waals surface area contributed by atoms with E-state index in [1.54, 1.807) is 11.9 Å². The van der Waals surface area contributed by atoms with Crippen LogP contribution in [0.1, 0.15) is 35.1 Å². The van der Waals surface area contributed by atoms with Crippen LogP contribution < -0.4 is 11.1 Å². The first-order valence-electron chi connectivity index (χ1n) is 10.2.